The number of rotatable bonds is 4. The predicted molar refractivity (Wildman–Crippen MR) is 84.7 cm³/mol. The third-order valence-electron chi connectivity index (χ3n) is 4.11. The summed E-state index contributed by atoms with van der Waals surface area (Å²) in [6.45, 7) is 5.89. The molecule has 0 saturated carbocycles. The summed E-state index contributed by atoms with van der Waals surface area (Å²) in [7, 11) is 0. The van der Waals surface area contributed by atoms with Gasteiger partial charge in [0.25, 0.3) is 5.69 Å². The largest absolute Gasteiger partial charge is 0.456 e. The van der Waals surface area contributed by atoms with Crippen LogP contribution in [0.1, 0.15) is 37.0 Å². The second-order valence-corrected chi connectivity index (χ2v) is 7.00. The molecule has 1 aliphatic heterocycles. The van der Waals surface area contributed by atoms with Crippen molar-refractivity contribution in [2.24, 2.45) is 5.92 Å². The van der Waals surface area contributed by atoms with Crippen LogP contribution in [0, 0.1) is 16.0 Å². The summed E-state index contributed by atoms with van der Waals surface area (Å²) >= 11 is 3.19. The van der Waals surface area contributed by atoms with Crippen LogP contribution in [0.25, 0.3) is 0 Å². The Labute approximate surface area is 137 Å². The fourth-order valence-corrected chi connectivity index (χ4v) is 3.28. The number of esters is 1. The number of nitro benzene ring substituents is 1. The molecule has 1 aromatic rings. The highest BCUT2D eigenvalue weighted by atomic mass is 79.9. The Kier molecular flexibility index (Phi) is 5.18. The van der Waals surface area contributed by atoms with Gasteiger partial charge >= 0.3 is 5.97 Å². The standard InChI is InChI=1S/C15H19BrN2O4/c1-15(2,11-3-5-17-6-4-11)22-14(19)10-7-12(16)9-13(8-10)18(20)21/h7-9,11,17H,3-6H2,1-2H3/p+1. The van der Waals surface area contributed by atoms with Crippen LogP contribution in [0.2, 0.25) is 0 Å². The number of ether oxygens (including phenoxy) is 1. The van der Waals surface area contributed by atoms with Crippen molar-refractivity contribution < 1.29 is 19.8 Å². The van der Waals surface area contributed by atoms with Crippen LogP contribution in [0.5, 0.6) is 0 Å². The number of nitro groups is 1. The van der Waals surface area contributed by atoms with Gasteiger partial charge in [-0.2, -0.15) is 0 Å². The summed E-state index contributed by atoms with van der Waals surface area (Å²) in [5.74, 6) is -0.215. The van der Waals surface area contributed by atoms with Crippen LogP contribution in [-0.2, 0) is 4.74 Å². The van der Waals surface area contributed by atoms with Crippen molar-refractivity contribution in [3.63, 3.8) is 0 Å². The van der Waals surface area contributed by atoms with E-state index in [0.29, 0.717) is 10.4 Å². The molecule has 120 valence electrons. The van der Waals surface area contributed by atoms with Gasteiger partial charge in [-0.1, -0.05) is 15.9 Å². The molecule has 0 unspecified atom stereocenters. The number of quaternary nitrogens is 1. The van der Waals surface area contributed by atoms with Crippen molar-refractivity contribution in [2.45, 2.75) is 32.3 Å². The zero-order valence-electron chi connectivity index (χ0n) is 12.7. The molecule has 2 rings (SSSR count). The van der Waals surface area contributed by atoms with E-state index in [1.807, 2.05) is 13.8 Å². The van der Waals surface area contributed by atoms with Gasteiger partial charge in [0, 0.05) is 35.4 Å². The van der Waals surface area contributed by atoms with Gasteiger partial charge in [0.05, 0.1) is 23.6 Å². The lowest BCUT2D eigenvalue weighted by atomic mass is 9.83. The average Bonchev–Trinajstić information content (AvgIpc) is 2.47. The number of benzene rings is 1. The lowest BCUT2D eigenvalue weighted by Crippen LogP contribution is -2.86. The molecular formula is C15H20BrN2O4+. The maximum atomic E-state index is 12.4. The minimum Gasteiger partial charge on any atom is -0.456 e. The van der Waals surface area contributed by atoms with Gasteiger partial charge in [-0.15, -0.1) is 0 Å². The van der Waals surface area contributed by atoms with E-state index >= 15 is 0 Å². The van der Waals surface area contributed by atoms with Gasteiger partial charge in [0.1, 0.15) is 5.60 Å². The zero-order valence-corrected chi connectivity index (χ0v) is 14.3. The molecule has 22 heavy (non-hydrogen) atoms. The Morgan fingerprint density at radius 3 is 2.59 bits per heavy atom. The molecular weight excluding hydrogens is 352 g/mol. The highest BCUT2D eigenvalue weighted by molar-refractivity contribution is 9.10. The van der Waals surface area contributed by atoms with Crippen molar-refractivity contribution in [2.75, 3.05) is 13.1 Å². The molecule has 7 heteroatoms. The molecule has 1 aliphatic rings. The minimum absolute atomic E-state index is 0.133. The van der Waals surface area contributed by atoms with E-state index in [1.165, 1.54) is 12.1 Å². The lowest BCUT2D eigenvalue weighted by Gasteiger charge is -2.35. The summed E-state index contributed by atoms with van der Waals surface area (Å²) in [5, 5.41) is 13.1. The Hall–Kier alpha value is -1.47. The molecule has 0 amide bonds. The number of carbonyl (C=O) groups is 1. The molecule has 0 aromatic heterocycles. The maximum Gasteiger partial charge on any atom is 0.338 e. The quantitative estimate of drug-likeness (QED) is 0.499. The van der Waals surface area contributed by atoms with Crippen molar-refractivity contribution >= 4 is 27.6 Å². The number of nitrogens with two attached hydrogens (primary N) is 1. The fourth-order valence-electron chi connectivity index (χ4n) is 2.80. The van der Waals surface area contributed by atoms with Crippen molar-refractivity contribution in [1.82, 2.24) is 0 Å². The van der Waals surface area contributed by atoms with E-state index in [1.54, 1.807) is 6.07 Å². The van der Waals surface area contributed by atoms with Crippen LogP contribution < -0.4 is 5.32 Å². The van der Waals surface area contributed by atoms with Crippen LogP contribution in [-0.4, -0.2) is 29.6 Å². The summed E-state index contributed by atoms with van der Waals surface area (Å²) in [5.41, 5.74) is -0.523. The summed E-state index contributed by atoms with van der Waals surface area (Å²) in [4.78, 5) is 22.7. The monoisotopic (exact) mass is 371 g/mol. The SMILES string of the molecule is CC(C)(OC(=O)c1cc(Br)cc([N+](=O)[O-])c1)C1CC[NH2+]CC1. The molecule has 0 spiro atoms. The van der Waals surface area contributed by atoms with Crippen LogP contribution >= 0.6 is 15.9 Å². The van der Waals surface area contributed by atoms with Crippen molar-refractivity contribution in [3.8, 4) is 0 Å². The van der Waals surface area contributed by atoms with Gasteiger partial charge in [-0.3, -0.25) is 10.1 Å². The van der Waals surface area contributed by atoms with E-state index in [2.05, 4.69) is 21.2 Å². The first-order valence-corrected chi connectivity index (χ1v) is 8.09. The van der Waals surface area contributed by atoms with Gasteiger partial charge in [0.15, 0.2) is 0 Å². The predicted octanol–water partition coefficient (Wildman–Crippen LogP) is 2.27. The molecule has 1 fully saturated rings. The summed E-state index contributed by atoms with van der Waals surface area (Å²) < 4.78 is 6.14. The molecule has 0 bridgehead atoms. The number of carbonyl (C=O) groups excluding carboxylic acids is 1. The lowest BCUT2D eigenvalue weighted by molar-refractivity contribution is -0.665. The summed E-state index contributed by atoms with van der Waals surface area (Å²) in [6.07, 6.45) is 2.00. The molecule has 6 nitrogen and oxygen atoms in total. The average molecular weight is 372 g/mol. The van der Waals surface area contributed by atoms with Gasteiger partial charge in [-0.05, 0) is 19.9 Å². The van der Waals surface area contributed by atoms with Crippen LogP contribution in [0.15, 0.2) is 22.7 Å². The second-order valence-electron chi connectivity index (χ2n) is 6.09. The number of non-ortho nitro benzene ring substituents is 1. The topological polar surface area (TPSA) is 86.0 Å². The van der Waals surface area contributed by atoms with Crippen molar-refractivity contribution in [1.29, 1.82) is 0 Å². The third-order valence-corrected chi connectivity index (χ3v) is 4.56. The molecule has 0 aliphatic carbocycles. The van der Waals surface area contributed by atoms with E-state index < -0.39 is 16.5 Å². The molecule has 0 radical (unpaired) electrons. The van der Waals surface area contributed by atoms with Gasteiger partial charge in [-0.25, -0.2) is 4.79 Å². The molecule has 1 saturated heterocycles. The third kappa shape index (κ3) is 4.04. The van der Waals surface area contributed by atoms with Gasteiger partial charge < -0.3 is 10.1 Å². The Morgan fingerprint density at radius 2 is 2.00 bits per heavy atom. The Bertz CT molecular complexity index is 583. The van der Waals surface area contributed by atoms with Crippen molar-refractivity contribution in [3.05, 3.63) is 38.3 Å². The number of hydrogen-bond acceptors (Lipinski definition) is 4. The van der Waals surface area contributed by atoms with Crippen LogP contribution in [0.3, 0.4) is 0 Å². The Morgan fingerprint density at radius 1 is 1.36 bits per heavy atom. The molecule has 0 atom stereocenters. The minimum atomic E-state index is -0.581. The van der Waals surface area contributed by atoms with E-state index in [4.69, 9.17) is 4.74 Å². The smallest absolute Gasteiger partial charge is 0.338 e. The number of hydrogen-bond donors (Lipinski definition) is 1. The first-order valence-electron chi connectivity index (χ1n) is 7.29. The number of halogens is 1. The van der Waals surface area contributed by atoms with Crippen LogP contribution in [0.4, 0.5) is 5.69 Å². The molecule has 1 aromatic carbocycles. The first-order chi connectivity index (χ1) is 10.3. The zero-order chi connectivity index (χ0) is 16.3. The maximum absolute atomic E-state index is 12.4. The Balaban J connectivity index is 2.15. The van der Waals surface area contributed by atoms with E-state index in [-0.39, 0.29) is 11.3 Å². The molecule has 2 N–H and O–H groups in total. The molecule has 1 heterocycles. The number of nitrogens with zero attached hydrogens (tertiary/aromatic N) is 1. The van der Waals surface area contributed by atoms with E-state index in [9.17, 15) is 14.9 Å². The normalized spacial score (nSPS) is 16.3. The van der Waals surface area contributed by atoms with Gasteiger partial charge in [0.2, 0.25) is 0 Å². The fraction of sp³-hybridized carbons (Fsp3) is 0.533. The second kappa shape index (κ2) is 6.75. The highest BCUT2D eigenvalue weighted by Gasteiger charge is 2.35. The van der Waals surface area contributed by atoms with E-state index in [0.717, 1.165) is 25.9 Å². The highest BCUT2D eigenvalue weighted by Crippen LogP contribution is 2.30. The summed E-state index contributed by atoms with van der Waals surface area (Å²) in [6, 6.07) is 4.15. The first kappa shape index (κ1) is 16.9. The number of piperidine rings is 1.